The number of aromatic nitrogens is 7. The van der Waals surface area contributed by atoms with Crippen LogP contribution in [0.5, 0.6) is 0 Å². The van der Waals surface area contributed by atoms with E-state index in [9.17, 15) is 0 Å². The first kappa shape index (κ1) is 45.8. The Kier molecular flexibility index (Phi) is 10.2. The number of nitrogens with zero attached hydrogens (tertiary/aromatic N) is 7. The number of hydrogen-bond donors (Lipinski definition) is 0. The van der Waals surface area contributed by atoms with Gasteiger partial charge < -0.3 is 18.3 Å². The highest BCUT2D eigenvalue weighted by molar-refractivity contribution is 6.21. The lowest BCUT2D eigenvalue weighted by atomic mass is 9.99. The molecule has 17 aromatic rings. The molecular formula is C75H47N7. The van der Waals surface area contributed by atoms with Crippen LogP contribution in [-0.4, -0.2) is 33.2 Å². The highest BCUT2D eigenvalue weighted by Gasteiger charge is 2.23. The summed E-state index contributed by atoms with van der Waals surface area (Å²) in [4.78, 5) is 15.3. The van der Waals surface area contributed by atoms with E-state index >= 15 is 0 Å². The molecule has 82 heavy (non-hydrogen) atoms. The standard InChI is InChI=1S/C75H47N7/c1-6-21-48(22-7-1)73-76-74(49-23-8-2-9-24-49)78-75(77-73)52-25-20-32-56(41-52)82-68-40-38-51(43-60(68)64-45-62-58-34-17-19-36-66(58)80(70(62)47-72(64)82)54-28-12-4-13-29-54)50-37-39-67-59(42-50)63-44-61-57-33-16-18-35-65(57)79(53-26-10-3-11-27-53)69(61)46-71(63)81(67)55-30-14-5-15-31-55/h1-47H. The summed E-state index contributed by atoms with van der Waals surface area (Å²) in [6.07, 6.45) is 0. The van der Waals surface area contributed by atoms with Crippen LogP contribution in [0.4, 0.5) is 0 Å². The zero-order valence-corrected chi connectivity index (χ0v) is 44.3. The van der Waals surface area contributed by atoms with Crippen molar-refractivity contribution in [1.29, 1.82) is 0 Å². The van der Waals surface area contributed by atoms with E-state index in [1.54, 1.807) is 0 Å². The van der Waals surface area contributed by atoms with Gasteiger partial charge in [-0.3, -0.25) is 0 Å². The molecule has 12 aromatic carbocycles. The van der Waals surface area contributed by atoms with E-state index in [4.69, 9.17) is 15.0 Å². The number of hydrogen-bond acceptors (Lipinski definition) is 3. The van der Waals surface area contributed by atoms with Gasteiger partial charge in [-0.05, 0) is 120 Å². The second-order valence-electron chi connectivity index (χ2n) is 21.2. The van der Waals surface area contributed by atoms with Gasteiger partial charge >= 0.3 is 0 Å². The summed E-state index contributed by atoms with van der Waals surface area (Å²) in [7, 11) is 0. The third-order valence-electron chi connectivity index (χ3n) is 16.6. The van der Waals surface area contributed by atoms with Crippen molar-refractivity contribution in [3.8, 4) is 68.0 Å². The molecule has 0 bridgehead atoms. The van der Waals surface area contributed by atoms with E-state index < -0.39 is 0 Å². The molecule has 5 heterocycles. The van der Waals surface area contributed by atoms with Crippen LogP contribution in [0.25, 0.3) is 155 Å². The third-order valence-corrected chi connectivity index (χ3v) is 16.6. The predicted octanol–water partition coefficient (Wildman–Crippen LogP) is 18.9. The molecule has 0 spiro atoms. The Labute approximate surface area is 471 Å². The van der Waals surface area contributed by atoms with Crippen LogP contribution in [0.15, 0.2) is 285 Å². The van der Waals surface area contributed by atoms with Gasteiger partial charge in [-0.15, -0.1) is 0 Å². The first-order valence-electron chi connectivity index (χ1n) is 27.8. The van der Waals surface area contributed by atoms with Crippen LogP contribution >= 0.6 is 0 Å². The Morgan fingerprint density at radius 2 is 0.476 bits per heavy atom. The zero-order valence-electron chi connectivity index (χ0n) is 44.3. The predicted molar refractivity (Wildman–Crippen MR) is 339 cm³/mol. The Morgan fingerprint density at radius 3 is 0.902 bits per heavy atom. The van der Waals surface area contributed by atoms with Gasteiger partial charge in [-0.2, -0.15) is 0 Å². The maximum Gasteiger partial charge on any atom is 0.164 e. The molecule has 0 aliphatic carbocycles. The Hall–Kier alpha value is -11.2. The average Bonchev–Trinajstić information content (AvgIpc) is 2.47. The van der Waals surface area contributed by atoms with E-state index in [1.807, 2.05) is 36.4 Å². The minimum atomic E-state index is 0.607. The Balaban J connectivity index is 0.899. The lowest BCUT2D eigenvalue weighted by molar-refractivity contribution is 1.07. The van der Waals surface area contributed by atoms with E-state index in [0.717, 1.165) is 89.1 Å². The van der Waals surface area contributed by atoms with Gasteiger partial charge in [0.2, 0.25) is 0 Å². The van der Waals surface area contributed by atoms with Gasteiger partial charge in [-0.1, -0.05) is 176 Å². The summed E-state index contributed by atoms with van der Waals surface area (Å²) in [5.74, 6) is 1.86. The maximum absolute atomic E-state index is 5.17. The number of fused-ring (bicyclic) bond motifs is 12. The van der Waals surface area contributed by atoms with Crippen molar-refractivity contribution in [2.24, 2.45) is 0 Å². The van der Waals surface area contributed by atoms with Gasteiger partial charge in [0.05, 0.1) is 44.1 Å². The van der Waals surface area contributed by atoms with Gasteiger partial charge in [-0.25, -0.2) is 15.0 Å². The lowest BCUT2D eigenvalue weighted by Crippen LogP contribution is -2.01. The molecule has 0 aliphatic rings. The largest absolute Gasteiger partial charge is 0.309 e. The van der Waals surface area contributed by atoms with E-state index in [0.29, 0.717) is 17.5 Å². The van der Waals surface area contributed by atoms with Crippen LogP contribution in [-0.2, 0) is 0 Å². The Bertz CT molecular complexity index is 5310. The summed E-state index contributed by atoms with van der Waals surface area (Å²) < 4.78 is 9.68. The number of rotatable bonds is 8. The molecule has 0 radical (unpaired) electrons. The minimum absolute atomic E-state index is 0.607. The summed E-state index contributed by atoms with van der Waals surface area (Å²) in [5.41, 5.74) is 18.6. The maximum atomic E-state index is 5.17. The summed E-state index contributed by atoms with van der Waals surface area (Å²) in [5, 5.41) is 9.62. The third kappa shape index (κ3) is 7.13. The summed E-state index contributed by atoms with van der Waals surface area (Å²) >= 11 is 0. The molecule has 0 saturated heterocycles. The topological polar surface area (TPSA) is 58.4 Å². The lowest BCUT2D eigenvalue weighted by Gasteiger charge is -2.12. The number of benzene rings is 12. The highest BCUT2D eigenvalue weighted by Crippen LogP contribution is 2.44. The monoisotopic (exact) mass is 1050 g/mol. The molecule has 0 N–H and O–H groups in total. The van der Waals surface area contributed by atoms with Crippen molar-refractivity contribution in [2.75, 3.05) is 0 Å². The molecule has 0 fully saturated rings. The molecule has 0 unspecified atom stereocenters. The van der Waals surface area contributed by atoms with E-state index in [2.05, 4.69) is 267 Å². The van der Waals surface area contributed by atoms with Crippen LogP contribution in [0.1, 0.15) is 0 Å². The van der Waals surface area contributed by atoms with E-state index in [1.165, 1.54) is 48.7 Å². The zero-order chi connectivity index (χ0) is 53.8. The summed E-state index contributed by atoms with van der Waals surface area (Å²) in [6, 6.07) is 103. The minimum Gasteiger partial charge on any atom is -0.309 e. The molecule has 7 nitrogen and oxygen atoms in total. The van der Waals surface area contributed by atoms with Crippen molar-refractivity contribution < 1.29 is 0 Å². The van der Waals surface area contributed by atoms with Crippen molar-refractivity contribution >= 4 is 87.2 Å². The Morgan fingerprint density at radius 1 is 0.171 bits per heavy atom. The first-order valence-corrected chi connectivity index (χ1v) is 27.8. The smallest absolute Gasteiger partial charge is 0.164 e. The SMILES string of the molecule is c1ccc(-c2nc(-c3ccccc3)nc(-c3cccc(-n4c5ccc(-c6ccc7c(c6)c6cc8c9ccccc9n(-c9ccccc9)c8cc6n7-c6ccccc6)cc5c5cc6c7ccccc7n(-c7ccccc7)c6cc54)c3)n2)cc1. The van der Waals surface area contributed by atoms with Gasteiger partial charge in [0.15, 0.2) is 17.5 Å². The van der Waals surface area contributed by atoms with Crippen LogP contribution in [0.3, 0.4) is 0 Å². The van der Waals surface area contributed by atoms with Crippen molar-refractivity contribution in [1.82, 2.24) is 33.2 Å². The van der Waals surface area contributed by atoms with Crippen molar-refractivity contribution in [3.05, 3.63) is 285 Å². The number of para-hydroxylation sites is 5. The van der Waals surface area contributed by atoms with Crippen LogP contribution < -0.4 is 0 Å². The molecular weight excluding hydrogens is 999 g/mol. The quantitative estimate of drug-likeness (QED) is 0.152. The molecule has 17 rings (SSSR count). The van der Waals surface area contributed by atoms with Gasteiger partial charge in [0.25, 0.3) is 0 Å². The fourth-order valence-corrected chi connectivity index (χ4v) is 12.9. The second kappa shape index (κ2) is 18.2. The van der Waals surface area contributed by atoms with Crippen molar-refractivity contribution in [2.45, 2.75) is 0 Å². The second-order valence-corrected chi connectivity index (χ2v) is 21.2. The molecule has 7 heteroatoms. The molecule has 382 valence electrons. The molecule has 0 saturated carbocycles. The molecule has 0 atom stereocenters. The highest BCUT2D eigenvalue weighted by atomic mass is 15.0. The van der Waals surface area contributed by atoms with E-state index in [-0.39, 0.29) is 0 Å². The van der Waals surface area contributed by atoms with Gasteiger partial charge in [0.1, 0.15) is 0 Å². The molecule has 5 aromatic heterocycles. The summed E-state index contributed by atoms with van der Waals surface area (Å²) in [6.45, 7) is 0. The first-order chi connectivity index (χ1) is 40.7. The fraction of sp³-hybridized carbons (Fsp3) is 0. The molecule has 0 aliphatic heterocycles. The van der Waals surface area contributed by atoms with Crippen molar-refractivity contribution in [3.63, 3.8) is 0 Å². The fourth-order valence-electron chi connectivity index (χ4n) is 12.9. The normalized spacial score (nSPS) is 11.9. The van der Waals surface area contributed by atoms with Crippen LogP contribution in [0.2, 0.25) is 0 Å². The van der Waals surface area contributed by atoms with Gasteiger partial charge in [0, 0.05) is 82.5 Å². The van der Waals surface area contributed by atoms with Crippen LogP contribution in [0, 0.1) is 0 Å². The average molecular weight is 1050 g/mol. The molecule has 0 amide bonds.